The van der Waals surface area contributed by atoms with Crippen LogP contribution in [0, 0.1) is 24.7 Å². The molecule has 4 aromatic heterocycles. The summed E-state index contributed by atoms with van der Waals surface area (Å²) in [5, 5.41) is 6.75. The van der Waals surface area contributed by atoms with Gasteiger partial charge in [0.05, 0.1) is 42.3 Å². The van der Waals surface area contributed by atoms with Gasteiger partial charge >= 0.3 is 0 Å². The van der Waals surface area contributed by atoms with Crippen molar-refractivity contribution in [3.63, 3.8) is 0 Å². The van der Waals surface area contributed by atoms with E-state index in [2.05, 4.69) is 16.0 Å². The van der Waals surface area contributed by atoms with Gasteiger partial charge in [-0.3, -0.25) is 23.8 Å². The van der Waals surface area contributed by atoms with Crippen LogP contribution in [0.15, 0.2) is 30.3 Å². The summed E-state index contributed by atoms with van der Waals surface area (Å²) < 4.78 is 24.4. The summed E-state index contributed by atoms with van der Waals surface area (Å²) in [6.07, 6.45) is 3.79. The fourth-order valence-electron chi connectivity index (χ4n) is 7.98. The Labute approximate surface area is 277 Å². The fourth-order valence-corrected chi connectivity index (χ4v) is 7.98. The topological polar surface area (TPSA) is 140 Å². The van der Waals surface area contributed by atoms with Gasteiger partial charge in [-0.05, 0) is 82.1 Å². The summed E-state index contributed by atoms with van der Waals surface area (Å²) in [6.45, 7) is 4.90. The fraction of sp³-hybridized carbons (Fsp3) is 0.514. The number of carbonyl (C=O) groups excluding carboxylic acids is 3. The molecule has 3 amide bonds. The maximum atomic E-state index is 14.5. The van der Waals surface area contributed by atoms with Crippen LogP contribution in [0.2, 0.25) is 0 Å². The maximum absolute atomic E-state index is 14.5. The average molecular weight is 657 g/mol. The van der Waals surface area contributed by atoms with E-state index in [4.69, 9.17) is 20.4 Å². The zero-order valence-electron chi connectivity index (χ0n) is 27.7. The number of rotatable bonds is 8. The molecule has 12 nitrogen and oxygen atoms in total. The molecular formula is C35H41FN8O4. The number of aryl methyl sites for hydroxylation is 1. The van der Waals surface area contributed by atoms with Crippen LogP contribution in [-0.4, -0.2) is 79.1 Å². The van der Waals surface area contributed by atoms with Gasteiger partial charge in [0.1, 0.15) is 22.7 Å². The Hall–Kier alpha value is -4.52. The van der Waals surface area contributed by atoms with E-state index < -0.39 is 11.7 Å². The number of nitrogens with two attached hydrogens (primary N) is 1. The lowest BCUT2D eigenvalue weighted by molar-refractivity contribution is -0.147. The molecule has 0 aromatic carbocycles. The first-order chi connectivity index (χ1) is 22.9. The largest absolute Gasteiger partial charge is 0.482 e. The molecule has 5 heterocycles. The summed E-state index contributed by atoms with van der Waals surface area (Å²) in [5.41, 5.74) is 9.84. The second-order valence-electron chi connectivity index (χ2n) is 14.4. The van der Waals surface area contributed by atoms with Gasteiger partial charge in [0, 0.05) is 43.4 Å². The summed E-state index contributed by atoms with van der Waals surface area (Å²) in [4.78, 5) is 49.3. The van der Waals surface area contributed by atoms with Gasteiger partial charge in [0.2, 0.25) is 11.8 Å². The second-order valence-corrected chi connectivity index (χ2v) is 14.4. The third kappa shape index (κ3) is 5.01. The number of halogens is 1. The zero-order chi connectivity index (χ0) is 33.6. The number of amides is 3. The standard InChI is InChI=1S/C35H41FN8O4/c1-18(38-33(46)25-15-35(36)13-23(25)14-35)26-8-7-21-9-27(42(32(21)39-26)16-20-5-6-20)31-19(2)44-28(40-31)10-22(11-30(44)48-4)34(47)43-17-24(37)12-29(45)41(43)3/h7-11,18,20,23-25H,5-6,12-17,37H2,1-4H3,(H,38,46)/t18-,23?,24-,25?,35?/m1/s1. The van der Waals surface area contributed by atoms with Crippen molar-refractivity contribution in [2.75, 3.05) is 20.7 Å². The molecule has 5 fully saturated rings. The lowest BCUT2D eigenvalue weighted by Gasteiger charge is -2.38. The molecule has 9 rings (SSSR count). The normalized spacial score (nSPS) is 25.9. The number of nitrogens with one attached hydrogen (secondary N) is 1. The van der Waals surface area contributed by atoms with Gasteiger partial charge < -0.3 is 20.4 Å². The lowest BCUT2D eigenvalue weighted by atomic mass is 9.80. The van der Waals surface area contributed by atoms with E-state index in [-0.39, 0.29) is 48.6 Å². The van der Waals surface area contributed by atoms with E-state index in [0.29, 0.717) is 42.3 Å². The van der Waals surface area contributed by atoms with Crippen LogP contribution in [0.25, 0.3) is 28.1 Å². The number of hydrogen-bond acceptors (Lipinski definition) is 7. The molecule has 0 radical (unpaired) electrons. The first kappa shape index (κ1) is 30.8. The molecule has 1 saturated heterocycles. The number of carbonyl (C=O) groups is 3. The monoisotopic (exact) mass is 656 g/mol. The highest BCUT2D eigenvalue weighted by Gasteiger charge is 2.59. The van der Waals surface area contributed by atoms with E-state index in [1.807, 2.05) is 30.4 Å². The Morgan fingerprint density at radius 2 is 1.94 bits per heavy atom. The van der Waals surface area contributed by atoms with E-state index in [1.54, 1.807) is 26.3 Å². The highest BCUT2D eigenvalue weighted by Crippen LogP contribution is 2.58. The van der Waals surface area contributed by atoms with E-state index >= 15 is 0 Å². The third-order valence-electron chi connectivity index (χ3n) is 10.9. The minimum atomic E-state index is -1.15. The van der Waals surface area contributed by atoms with E-state index in [9.17, 15) is 18.8 Å². The SMILES string of the molecule is COc1cc(C(=O)N2C[C@H](N)CC(=O)N2C)cc2nc(-c3cc4ccc([C@@H](C)NC(=O)C5CC6(F)CC5C6)nc4n3CC3CC3)c(C)n12. The van der Waals surface area contributed by atoms with Crippen LogP contribution >= 0.6 is 0 Å². The quantitative estimate of drug-likeness (QED) is 0.293. The van der Waals surface area contributed by atoms with Crippen molar-refractivity contribution in [2.24, 2.45) is 23.5 Å². The minimum absolute atomic E-state index is 0.0889. The van der Waals surface area contributed by atoms with Gasteiger partial charge in [-0.2, -0.15) is 0 Å². The number of pyridine rings is 2. The smallest absolute Gasteiger partial charge is 0.272 e. The lowest BCUT2D eigenvalue weighted by Crippen LogP contribution is -2.57. The number of hydrazine groups is 1. The van der Waals surface area contributed by atoms with Crippen LogP contribution in [-0.2, 0) is 16.1 Å². The van der Waals surface area contributed by atoms with Crippen molar-refractivity contribution in [3.05, 3.63) is 47.3 Å². The molecule has 252 valence electrons. The Kier molecular flexibility index (Phi) is 7.06. The van der Waals surface area contributed by atoms with Crippen LogP contribution in [0.5, 0.6) is 5.88 Å². The summed E-state index contributed by atoms with van der Waals surface area (Å²) in [5.74, 6) is 0.189. The molecule has 0 spiro atoms. The average Bonchev–Trinajstić information content (AvgIpc) is 3.40. The summed E-state index contributed by atoms with van der Waals surface area (Å²) in [7, 11) is 3.13. The number of imidazole rings is 1. The first-order valence-electron chi connectivity index (χ1n) is 16.8. The van der Waals surface area contributed by atoms with Gasteiger partial charge in [0.25, 0.3) is 5.91 Å². The molecule has 5 aliphatic rings. The van der Waals surface area contributed by atoms with Crippen molar-refractivity contribution in [3.8, 4) is 17.3 Å². The number of nitrogens with zero attached hydrogens (tertiary/aromatic N) is 6. The highest BCUT2D eigenvalue weighted by molar-refractivity contribution is 5.97. The van der Waals surface area contributed by atoms with Crippen LogP contribution < -0.4 is 15.8 Å². The molecule has 13 heteroatoms. The number of aromatic nitrogens is 4. The van der Waals surface area contributed by atoms with Crippen LogP contribution in [0.3, 0.4) is 0 Å². The molecule has 48 heavy (non-hydrogen) atoms. The first-order valence-corrected chi connectivity index (χ1v) is 16.8. The predicted octanol–water partition coefficient (Wildman–Crippen LogP) is 3.94. The maximum Gasteiger partial charge on any atom is 0.272 e. The van der Waals surface area contributed by atoms with E-state index in [1.165, 1.54) is 10.0 Å². The Bertz CT molecular complexity index is 1990. The van der Waals surface area contributed by atoms with Gasteiger partial charge in [-0.25, -0.2) is 19.4 Å². The predicted molar refractivity (Wildman–Crippen MR) is 176 cm³/mol. The summed E-state index contributed by atoms with van der Waals surface area (Å²) in [6, 6.07) is 8.67. The Balaban J connectivity index is 1.15. The van der Waals surface area contributed by atoms with Crippen molar-refractivity contribution in [1.82, 2.24) is 34.3 Å². The molecule has 2 bridgehead atoms. The highest BCUT2D eigenvalue weighted by atomic mass is 19.1. The number of alkyl halides is 1. The Morgan fingerprint density at radius 3 is 2.62 bits per heavy atom. The number of methoxy groups -OCH3 is 1. The van der Waals surface area contributed by atoms with Crippen molar-refractivity contribution in [1.29, 1.82) is 0 Å². The number of ether oxygens (including phenoxy) is 1. The third-order valence-corrected chi connectivity index (χ3v) is 10.9. The van der Waals surface area contributed by atoms with Gasteiger partial charge in [0.15, 0.2) is 5.88 Å². The van der Waals surface area contributed by atoms with Gasteiger partial charge in [-0.1, -0.05) is 0 Å². The van der Waals surface area contributed by atoms with Gasteiger partial charge in [-0.15, -0.1) is 0 Å². The van der Waals surface area contributed by atoms with E-state index in [0.717, 1.165) is 53.2 Å². The molecule has 1 unspecified atom stereocenters. The van der Waals surface area contributed by atoms with Crippen LogP contribution in [0.4, 0.5) is 4.39 Å². The van der Waals surface area contributed by atoms with Crippen molar-refractivity contribution in [2.45, 2.75) is 76.7 Å². The number of hydrogen-bond donors (Lipinski definition) is 2. The van der Waals surface area contributed by atoms with Crippen molar-refractivity contribution < 1.29 is 23.5 Å². The molecule has 4 saturated carbocycles. The zero-order valence-corrected chi connectivity index (χ0v) is 27.7. The van der Waals surface area contributed by atoms with Crippen LogP contribution in [0.1, 0.15) is 73.2 Å². The molecule has 3 atom stereocenters. The minimum Gasteiger partial charge on any atom is -0.482 e. The summed E-state index contributed by atoms with van der Waals surface area (Å²) >= 11 is 0. The van der Waals surface area contributed by atoms with Crippen molar-refractivity contribution >= 4 is 34.4 Å². The Morgan fingerprint density at radius 1 is 1.17 bits per heavy atom. The molecular weight excluding hydrogens is 615 g/mol. The molecule has 4 aromatic rings. The number of fused-ring (bicyclic) bond motifs is 3. The second kappa shape index (κ2) is 11.0. The molecule has 1 aliphatic heterocycles. The molecule has 3 N–H and O–H groups in total. The molecule has 4 aliphatic carbocycles.